The summed E-state index contributed by atoms with van der Waals surface area (Å²) in [7, 11) is 1.62. The van der Waals surface area contributed by atoms with Crippen LogP contribution < -0.4 is 5.32 Å². The number of methoxy groups -OCH3 is 1. The number of nitrogens with one attached hydrogen (secondary N) is 1. The average molecular weight is 355 g/mol. The van der Waals surface area contributed by atoms with Crippen molar-refractivity contribution in [3.8, 4) is 0 Å². The summed E-state index contributed by atoms with van der Waals surface area (Å²) in [6, 6.07) is 17.9. The molecule has 0 atom stereocenters. The fourth-order valence-corrected chi connectivity index (χ4v) is 3.50. The molecule has 1 amide bonds. The van der Waals surface area contributed by atoms with Gasteiger partial charge in [0.1, 0.15) is 5.58 Å². The normalized spacial score (nSPS) is 10.9. The van der Waals surface area contributed by atoms with Gasteiger partial charge in [-0.1, -0.05) is 36.4 Å². The predicted octanol–water partition coefficient (Wildman–Crippen LogP) is 4.49. The maximum Gasteiger partial charge on any atom is 0.287 e. The summed E-state index contributed by atoms with van der Waals surface area (Å²) in [5.74, 6) is 1.11. The van der Waals surface area contributed by atoms with Crippen molar-refractivity contribution in [1.29, 1.82) is 0 Å². The van der Waals surface area contributed by atoms with Gasteiger partial charge in [-0.25, -0.2) is 0 Å². The molecule has 2 aromatic carbocycles. The molecule has 0 spiro atoms. The number of fused-ring (bicyclic) bond motifs is 1. The Labute approximate surface area is 151 Å². The molecule has 1 aromatic heterocycles. The van der Waals surface area contributed by atoms with E-state index in [1.807, 2.05) is 42.5 Å². The van der Waals surface area contributed by atoms with Gasteiger partial charge in [-0.05, 0) is 30.4 Å². The highest BCUT2D eigenvalue weighted by Gasteiger charge is 2.19. The second-order valence-corrected chi connectivity index (χ2v) is 6.78. The van der Waals surface area contributed by atoms with E-state index in [4.69, 9.17) is 9.15 Å². The molecular formula is C20H21NO3S. The van der Waals surface area contributed by atoms with E-state index in [9.17, 15) is 4.79 Å². The van der Waals surface area contributed by atoms with Crippen LogP contribution in [0.4, 0.5) is 0 Å². The third kappa shape index (κ3) is 4.44. The first-order chi connectivity index (χ1) is 12.3. The minimum Gasteiger partial charge on any atom is -0.451 e. The van der Waals surface area contributed by atoms with E-state index < -0.39 is 0 Å². The maximum absolute atomic E-state index is 12.5. The largest absolute Gasteiger partial charge is 0.451 e. The second-order valence-electron chi connectivity index (χ2n) is 5.61. The van der Waals surface area contributed by atoms with E-state index in [1.54, 1.807) is 18.9 Å². The fourth-order valence-electron chi connectivity index (χ4n) is 2.63. The number of carbonyl (C=O) groups excluding carboxylic acids is 1. The Kier molecular flexibility index (Phi) is 6.14. The number of hydrogen-bond acceptors (Lipinski definition) is 4. The molecule has 3 aromatic rings. The minimum absolute atomic E-state index is 0.187. The van der Waals surface area contributed by atoms with Crippen molar-refractivity contribution in [2.45, 2.75) is 17.9 Å². The SMILES string of the molecule is COCc1c(C(=O)NCCCSc2ccccc2)oc2ccccc12. The summed E-state index contributed by atoms with van der Waals surface area (Å²) in [6.07, 6.45) is 0.894. The molecule has 0 aliphatic heterocycles. The Hall–Kier alpha value is -2.24. The summed E-state index contributed by atoms with van der Waals surface area (Å²) < 4.78 is 11.0. The molecule has 5 heteroatoms. The standard InChI is InChI=1S/C20H21NO3S/c1-23-14-17-16-10-5-6-11-18(16)24-19(17)20(22)21-12-7-13-25-15-8-3-2-4-9-15/h2-6,8-11H,7,12-14H2,1H3,(H,21,22). The topological polar surface area (TPSA) is 51.5 Å². The van der Waals surface area contributed by atoms with Gasteiger partial charge in [0.25, 0.3) is 5.91 Å². The zero-order valence-corrected chi connectivity index (χ0v) is 15.0. The van der Waals surface area contributed by atoms with Crippen molar-refractivity contribution in [3.05, 3.63) is 65.9 Å². The van der Waals surface area contributed by atoms with Crippen LogP contribution >= 0.6 is 11.8 Å². The molecule has 3 rings (SSSR count). The van der Waals surface area contributed by atoms with E-state index in [0.717, 1.165) is 23.1 Å². The number of thioether (sulfide) groups is 1. The highest BCUT2D eigenvalue weighted by molar-refractivity contribution is 7.99. The average Bonchev–Trinajstić information content (AvgIpc) is 3.01. The molecule has 130 valence electrons. The lowest BCUT2D eigenvalue weighted by molar-refractivity contribution is 0.0921. The van der Waals surface area contributed by atoms with Crippen LogP contribution in [0, 0.1) is 0 Å². The summed E-state index contributed by atoms with van der Waals surface area (Å²) in [5, 5.41) is 3.87. The van der Waals surface area contributed by atoms with Gasteiger partial charge >= 0.3 is 0 Å². The Balaban J connectivity index is 1.56. The van der Waals surface area contributed by atoms with Crippen molar-refractivity contribution >= 4 is 28.6 Å². The van der Waals surface area contributed by atoms with Crippen molar-refractivity contribution < 1.29 is 13.9 Å². The van der Waals surface area contributed by atoms with Crippen LogP contribution in [0.15, 0.2) is 63.9 Å². The van der Waals surface area contributed by atoms with Crippen LogP contribution in [0.25, 0.3) is 11.0 Å². The molecule has 0 saturated carbocycles. The first-order valence-corrected chi connectivity index (χ1v) is 9.23. The molecule has 1 N–H and O–H groups in total. The molecule has 0 aliphatic carbocycles. The van der Waals surface area contributed by atoms with E-state index in [-0.39, 0.29) is 5.91 Å². The lowest BCUT2D eigenvalue weighted by atomic mass is 10.1. The van der Waals surface area contributed by atoms with Crippen LogP contribution in [-0.2, 0) is 11.3 Å². The summed E-state index contributed by atoms with van der Waals surface area (Å²) >= 11 is 1.79. The van der Waals surface area contributed by atoms with E-state index in [1.165, 1.54) is 4.90 Å². The smallest absolute Gasteiger partial charge is 0.287 e. The lowest BCUT2D eigenvalue weighted by Crippen LogP contribution is -2.25. The van der Waals surface area contributed by atoms with E-state index in [2.05, 4.69) is 17.4 Å². The highest BCUT2D eigenvalue weighted by Crippen LogP contribution is 2.26. The molecule has 0 aliphatic rings. The molecular weight excluding hydrogens is 334 g/mol. The zero-order chi connectivity index (χ0) is 17.5. The number of amides is 1. The van der Waals surface area contributed by atoms with Crippen molar-refractivity contribution in [3.63, 3.8) is 0 Å². The highest BCUT2D eigenvalue weighted by atomic mass is 32.2. The maximum atomic E-state index is 12.5. The van der Waals surface area contributed by atoms with Gasteiger partial charge in [0.15, 0.2) is 5.76 Å². The molecule has 0 unspecified atom stereocenters. The Morgan fingerprint density at radius 2 is 1.88 bits per heavy atom. The molecule has 0 saturated heterocycles. The van der Waals surface area contributed by atoms with Crippen molar-refractivity contribution in [2.24, 2.45) is 0 Å². The fraction of sp³-hybridized carbons (Fsp3) is 0.250. The van der Waals surface area contributed by atoms with Crippen LogP contribution in [-0.4, -0.2) is 25.3 Å². The Morgan fingerprint density at radius 1 is 1.12 bits per heavy atom. The molecule has 25 heavy (non-hydrogen) atoms. The molecule has 0 radical (unpaired) electrons. The zero-order valence-electron chi connectivity index (χ0n) is 14.2. The molecule has 4 nitrogen and oxygen atoms in total. The Bertz CT molecular complexity index is 829. The third-order valence-corrected chi connectivity index (χ3v) is 4.91. The minimum atomic E-state index is -0.187. The number of furan rings is 1. The van der Waals surface area contributed by atoms with Gasteiger partial charge in [0.05, 0.1) is 6.61 Å². The van der Waals surface area contributed by atoms with Crippen LogP contribution in [0.5, 0.6) is 0 Å². The van der Waals surface area contributed by atoms with Gasteiger partial charge in [0, 0.05) is 29.5 Å². The van der Waals surface area contributed by atoms with Gasteiger partial charge in [-0.2, -0.15) is 0 Å². The second kappa shape index (κ2) is 8.74. The van der Waals surface area contributed by atoms with Crippen LogP contribution in [0.3, 0.4) is 0 Å². The third-order valence-electron chi connectivity index (χ3n) is 3.81. The van der Waals surface area contributed by atoms with E-state index >= 15 is 0 Å². The van der Waals surface area contributed by atoms with Gasteiger partial charge in [0.2, 0.25) is 0 Å². The summed E-state index contributed by atoms with van der Waals surface area (Å²) in [6.45, 7) is 0.964. The molecule has 0 bridgehead atoms. The lowest BCUT2D eigenvalue weighted by Gasteiger charge is -2.05. The number of carbonyl (C=O) groups is 1. The first-order valence-electron chi connectivity index (χ1n) is 8.25. The number of hydrogen-bond donors (Lipinski definition) is 1. The van der Waals surface area contributed by atoms with Crippen LogP contribution in [0.1, 0.15) is 22.5 Å². The number of benzene rings is 2. The number of para-hydroxylation sites is 1. The Morgan fingerprint density at radius 3 is 2.68 bits per heavy atom. The van der Waals surface area contributed by atoms with Gasteiger partial charge < -0.3 is 14.5 Å². The first kappa shape index (κ1) is 17.6. The van der Waals surface area contributed by atoms with Crippen molar-refractivity contribution in [1.82, 2.24) is 5.32 Å². The quantitative estimate of drug-likeness (QED) is 0.478. The number of ether oxygens (including phenoxy) is 1. The van der Waals surface area contributed by atoms with Gasteiger partial charge in [-0.3, -0.25) is 4.79 Å². The van der Waals surface area contributed by atoms with Crippen molar-refractivity contribution in [2.75, 3.05) is 19.4 Å². The summed E-state index contributed by atoms with van der Waals surface area (Å²) in [5.41, 5.74) is 1.51. The summed E-state index contributed by atoms with van der Waals surface area (Å²) in [4.78, 5) is 13.7. The molecule has 1 heterocycles. The molecule has 0 fully saturated rings. The number of rotatable bonds is 8. The monoisotopic (exact) mass is 355 g/mol. The predicted molar refractivity (Wildman–Crippen MR) is 101 cm³/mol. The van der Waals surface area contributed by atoms with Gasteiger partial charge in [-0.15, -0.1) is 11.8 Å². The van der Waals surface area contributed by atoms with E-state index in [0.29, 0.717) is 24.5 Å². The van der Waals surface area contributed by atoms with Crippen LogP contribution in [0.2, 0.25) is 0 Å².